The monoisotopic (exact) mass is 625 g/mol. The molecule has 1 aromatic heterocycles. The minimum absolute atomic E-state index is 0.143. The maximum absolute atomic E-state index is 12.4. The Morgan fingerprint density at radius 1 is 1.18 bits per heavy atom. The van der Waals surface area contributed by atoms with Gasteiger partial charge in [-0.3, -0.25) is 14.8 Å². The summed E-state index contributed by atoms with van der Waals surface area (Å²) in [6.45, 7) is 17.9. The van der Waals surface area contributed by atoms with Crippen LogP contribution in [-0.4, -0.2) is 38.3 Å². The third-order valence-electron chi connectivity index (χ3n) is 5.87. The first kappa shape index (κ1) is 37.6. The average molecular weight is 626 g/mol. The molecule has 0 saturated heterocycles. The first-order chi connectivity index (χ1) is 21.0. The predicted octanol–water partition coefficient (Wildman–Crippen LogP) is 7.22. The molecule has 0 aliphatic heterocycles. The highest BCUT2D eigenvalue weighted by molar-refractivity contribution is 7.15. The molecule has 0 spiro atoms. The number of amides is 1. The molecule has 1 atom stereocenters. The number of nitrogen functional groups attached to an aromatic ring is 1. The van der Waals surface area contributed by atoms with Crippen molar-refractivity contribution in [3.8, 4) is 10.4 Å². The number of hydrogen-bond donors (Lipinski definition) is 4. The third-order valence-corrected chi connectivity index (χ3v) is 7.00. The lowest BCUT2D eigenvalue weighted by Crippen LogP contribution is -2.27. The molecule has 238 valence electrons. The summed E-state index contributed by atoms with van der Waals surface area (Å²) in [5, 5.41) is 5.96. The van der Waals surface area contributed by atoms with Crippen molar-refractivity contribution in [2.24, 2.45) is 26.6 Å². The van der Waals surface area contributed by atoms with E-state index in [1.165, 1.54) is 12.2 Å². The number of nitrogens with two attached hydrogens (primary N) is 2. The van der Waals surface area contributed by atoms with Gasteiger partial charge in [-0.25, -0.2) is 13.8 Å². The molecule has 1 aliphatic carbocycles. The highest BCUT2D eigenvalue weighted by Gasteiger charge is 2.14. The molecule has 3 rings (SSSR count). The number of hydrogen-bond acceptors (Lipinski definition) is 7. The van der Waals surface area contributed by atoms with Crippen LogP contribution in [0.3, 0.4) is 0 Å². The molecule has 0 fully saturated rings. The zero-order chi connectivity index (χ0) is 33.2. The van der Waals surface area contributed by atoms with Gasteiger partial charge in [0.2, 0.25) is 0 Å². The number of likely N-dealkylation sites (N-methyl/N-ethyl adjacent to an activating group) is 1. The molecular weight excluding hydrogens is 580 g/mol. The molecule has 1 aromatic carbocycles. The second-order valence-corrected chi connectivity index (χ2v) is 10.7. The van der Waals surface area contributed by atoms with Crippen molar-refractivity contribution in [1.82, 2.24) is 10.6 Å². The van der Waals surface area contributed by atoms with E-state index >= 15 is 0 Å². The Hall–Kier alpha value is -4.38. The smallest absolute Gasteiger partial charge is 0.273 e. The fourth-order valence-electron chi connectivity index (χ4n) is 3.62. The Labute approximate surface area is 264 Å². The summed E-state index contributed by atoms with van der Waals surface area (Å²) in [5.41, 5.74) is 15.4. The molecule has 1 heterocycles. The number of nitrogens with zero attached hydrogens (tertiary/aromatic N) is 3. The molecule has 1 amide bonds. The number of thiophene rings is 1. The molecule has 11 heteroatoms. The van der Waals surface area contributed by atoms with Crippen molar-refractivity contribution in [3.05, 3.63) is 88.2 Å². The number of allylic oxidation sites excluding steroid dienone is 5. The zero-order valence-electron chi connectivity index (χ0n) is 26.5. The van der Waals surface area contributed by atoms with E-state index in [-0.39, 0.29) is 17.5 Å². The summed E-state index contributed by atoms with van der Waals surface area (Å²) in [6, 6.07) is 9.75. The Kier molecular flexibility index (Phi) is 16.9. The van der Waals surface area contributed by atoms with E-state index in [2.05, 4.69) is 38.9 Å². The fraction of sp³-hybridized carbons (Fsp3) is 0.333. The minimum atomic E-state index is -0.715. The van der Waals surface area contributed by atoms with Gasteiger partial charge in [0.1, 0.15) is 5.84 Å². The maximum atomic E-state index is 12.4. The first-order valence-corrected chi connectivity index (χ1v) is 15.2. The molecule has 44 heavy (non-hydrogen) atoms. The van der Waals surface area contributed by atoms with E-state index in [0.29, 0.717) is 48.8 Å². The molecule has 0 bridgehead atoms. The van der Waals surface area contributed by atoms with Gasteiger partial charge < -0.3 is 22.1 Å². The summed E-state index contributed by atoms with van der Waals surface area (Å²) < 4.78 is 24.4. The number of nitrogens with one attached hydrogen (secondary N) is 2. The van der Waals surface area contributed by atoms with E-state index in [4.69, 9.17) is 11.5 Å². The van der Waals surface area contributed by atoms with E-state index in [1.807, 2.05) is 65.0 Å². The van der Waals surface area contributed by atoms with Crippen molar-refractivity contribution >= 4 is 41.7 Å². The summed E-state index contributed by atoms with van der Waals surface area (Å²) in [7, 11) is 1.63. The normalized spacial score (nSPS) is 15.0. The molecule has 6 N–H and O–H groups in total. The first-order valence-electron chi connectivity index (χ1n) is 14.3. The maximum Gasteiger partial charge on any atom is 0.273 e. The largest absolute Gasteiger partial charge is 0.398 e. The Morgan fingerprint density at radius 2 is 1.89 bits per heavy atom. The van der Waals surface area contributed by atoms with Crippen molar-refractivity contribution < 1.29 is 13.6 Å². The summed E-state index contributed by atoms with van der Waals surface area (Å²) in [4.78, 5) is 26.8. The SMILES string of the molecule is C=N/C(C(=O)NCC)=C(\N=C/CC(=C)C)NCc1ccc(-c2ccc(N)c(C(N)=NC)c2)s1.CC.CC1C=C(F)C(F)=CC1. The predicted molar refractivity (Wildman–Crippen MR) is 184 cm³/mol. The number of carbonyl (C=O) groups is 1. The van der Waals surface area contributed by atoms with Gasteiger partial charge in [-0.05, 0) is 74.9 Å². The number of rotatable bonds is 11. The van der Waals surface area contributed by atoms with Crippen LogP contribution in [0.1, 0.15) is 57.9 Å². The van der Waals surface area contributed by atoms with Gasteiger partial charge in [0.05, 0.1) is 6.54 Å². The molecule has 1 unspecified atom stereocenters. The topological polar surface area (TPSA) is 130 Å². The lowest BCUT2D eigenvalue weighted by molar-refractivity contribution is -0.117. The minimum Gasteiger partial charge on any atom is -0.398 e. The van der Waals surface area contributed by atoms with Crippen LogP contribution in [0.5, 0.6) is 0 Å². The molecule has 0 saturated carbocycles. The quantitative estimate of drug-likeness (QED) is 0.0690. The van der Waals surface area contributed by atoms with Crippen LogP contribution < -0.4 is 22.1 Å². The summed E-state index contributed by atoms with van der Waals surface area (Å²) >= 11 is 1.61. The van der Waals surface area contributed by atoms with Crippen molar-refractivity contribution in [3.63, 3.8) is 0 Å². The number of aliphatic imine (C=N–C) groups is 3. The van der Waals surface area contributed by atoms with Crippen LogP contribution in [0.2, 0.25) is 0 Å². The van der Waals surface area contributed by atoms with E-state index in [0.717, 1.165) is 20.9 Å². The van der Waals surface area contributed by atoms with Gasteiger partial charge in [-0.2, -0.15) is 0 Å². The standard InChI is InChI=1S/C24H31N7OS.C7H8F2.C2H6/c1-6-29-24(32)21(27-4)23(30-12-11-15(2)3)31-14-17-8-10-20(33-17)16-7-9-19(25)18(13-16)22(26)28-5;1-5-2-3-6(8)7(9)4-5;1-2/h7-10,12-13,31H,2,4,6,11,14,25H2,1,3,5H3,(H2,26,28)(H,29,32);3-5H,2H2,1H3;1-2H3/b23-21+,30-12-;;. The van der Waals surface area contributed by atoms with Crippen LogP contribution in [0, 0.1) is 5.92 Å². The van der Waals surface area contributed by atoms with Gasteiger partial charge in [0.15, 0.2) is 23.2 Å². The van der Waals surface area contributed by atoms with Gasteiger partial charge in [0, 0.05) is 47.2 Å². The number of carbonyl (C=O) groups excluding carboxylic acids is 1. The van der Waals surface area contributed by atoms with Crippen LogP contribution in [0.25, 0.3) is 10.4 Å². The molecule has 0 radical (unpaired) electrons. The lowest BCUT2D eigenvalue weighted by atomic mass is 10.0. The van der Waals surface area contributed by atoms with Crippen molar-refractivity contribution in [2.75, 3.05) is 19.3 Å². The molecule has 1 aliphatic rings. The zero-order valence-corrected chi connectivity index (χ0v) is 27.3. The van der Waals surface area contributed by atoms with Crippen molar-refractivity contribution in [1.29, 1.82) is 0 Å². The van der Waals surface area contributed by atoms with Gasteiger partial charge in [-0.1, -0.05) is 39.0 Å². The van der Waals surface area contributed by atoms with Crippen LogP contribution >= 0.6 is 11.3 Å². The van der Waals surface area contributed by atoms with Crippen molar-refractivity contribution in [2.45, 2.75) is 54.0 Å². The van der Waals surface area contributed by atoms with Gasteiger partial charge in [-0.15, -0.1) is 11.3 Å². The Balaban J connectivity index is 0.000000742. The van der Waals surface area contributed by atoms with Gasteiger partial charge in [0.25, 0.3) is 5.91 Å². The van der Waals surface area contributed by atoms with Gasteiger partial charge >= 0.3 is 0 Å². The van der Waals surface area contributed by atoms with Crippen LogP contribution in [-0.2, 0) is 11.3 Å². The second-order valence-electron chi connectivity index (χ2n) is 9.50. The number of halogens is 2. The highest BCUT2D eigenvalue weighted by atomic mass is 32.1. The Bertz CT molecular complexity index is 1440. The molecule has 8 nitrogen and oxygen atoms in total. The summed E-state index contributed by atoms with van der Waals surface area (Å²) in [6.07, 6.45) is 5.48. The number of anilines is 1. The van der Waals surface area contributed by atoms with Crippen LogP contribution in [0.4, 0.5) is 14.5 Å². The highest BCUT2D eigenvalue weighted by Crippen LogP contribution is 2.30. The van der Waals surface area contributed by atoms with E-state index < -0.39 is 11.7 Å². The third kappa shape index (κ3) is 12.1. The average Bonchev–Trinajstić information content (AvgIpc) is 3.48. The number of amidine groups is 1. The van der Waals surface area contributed by atoms with E-state index in [1.54, 1.807) is 24.6 Å². The molecular formula is C33H45F2N7OS. The lowest BCUT2D eigenvalue weighted by Gasteiger charge is -2.10. The number of benzene rings is 1. The van der Waals surface area contributed by atoms with Crippen LogP contribution in [0.15, 0.2) is 92.8 Å². The summed E-state index contributed by atoms with van der Waals surface area (Å²) in [5.74, 6) is -0.871. The fourth-order valence-corrected chi connectivity index (χ4v) is 4.56. The second kappa shape index (κ2) is 19.7. The Morgan fingerprint density at radius 3 is 2.45 bits per heavy atom. The van der Waals surface area contributed by atoms with E-state index in [9.17, 15) is 13.6 Å². The molecule has 2 aromatic rings.